The second kappa shape index (κ2) is 11.5. The Balaban J connectivity index is 0.00000400. The van der Waals surface area contributed by atoms with Crippen LogP contribution in [-0.4, -0.2) is 37.3 Å². The van der Waals surface area contributed by atoms with Crippen molar-refractivity contribution in [1.29, 1.82) is 0 Å². The van der Waals surface area contributed by atoms with Crippen LogP contribution in [0.5, 0.6) is 0 Å². The van der Waals surface area contributed by atoms with Crippen LogP contribution in [0.25, 0.3) is 0 Å². The third-order valence-corrected chi connectivity index (χ3v) is 4.86. The number of benzene rings is 1. The Hall–Kier alpha value is -0.0800. The zero-order valence-corrected chi connectivity index (χ0v) is 17.4. The molecule has 0 saturated carbocycles. The molecule has 0 aromatic heterocycles. The molecular formula is C15H26IN3S2. The smallest absolute Gasteiger partial charge is 0.191 e. The molecule has 0 aliphatic heterocycles. The average molecular weight is 439 g/mol. The van der Waals surface area contributed by atoms with Gasteiger partial charge in [-0.1, -0.05) is 19.1 Å². The summed E-state index contributed by atoms with van der Waals surface area (Å²) in [5.41, 5.74) is 2.61. The summed E-state index contributed by atoms with van der Waals surface area (Å²) in [7, 11) is 1.81. The molecule has 0 aliphatic carbocycles. The topological polar surface area (TPSA) is 36.4 Å². The normalized spacial score (nSPS) is 12.5. The van der Waals surface area contributed by atoms with E-state index in [0.29, 0.717) is 5.25 Å². The molecular weight excluding hydrogens is 413 g/mol. The maximum Gasteiger partial charge on any atom is 0.191 e. The maximum atomic E-state index is 4.26. The molecule has 0 fully saturated rings. The van der Waals surface area contributed by atoms with Crippen LogP contribution in [0, 0.1) is 6.92 Å². The number of guanidine groups is 1. The van der Waals surface area contributed by atoms with Crippen molar-refractivity contribution < 1.29 is 0 Å². The van der Waals surface area contributed by atoms with Gasteiger partial charge in [-0.2, -0.15) is 11.8 Å². The Morgan fingerprint density at radius 2 is 2.00 bits per heavy atom. The van der Waals surface area contributed by atoms with E-state index in [-0.39, 0.29) is 24.0 Å². The van der Waals surface area contributed by atoms with E-state index in [1.807, 2.05) is 18.8 Å². The lowest BCUT2D eigenvalue weighted by Crippen LogP contribution is -2.39. The van der Waals surface area contributed by atoms with E-state index in [2.05, 4.69) is 60.2 Å². The second-order valence-electron chi connectivity index (χ2n) is 4.67. The Bertz CT molecular complexity index is 453. The molecule has 1 atom stereocenters. The Labute approximate surface area is 154 Å². The summed E-state index contributed by atoms with van der Waals surface area (Å²) < 4.78 is 0. The number of halogens is 1. The molecule has 1 aromatic rings. The predicted molar refractivity (Wildman–Crippen MR) is 110 cm³/mol. The minimum atomic E-state index is 0. The predicted octanol–water partition coefficient (Wildman–Crippen LogP) is 3.75. The standard InChI is InChI=1S/C15H25N3S2.HI/c1-11-6-7-13(14(8-11)20-5)10-18-15(16-3)17-9-12(2)19-4;/h6-8,12H,9-10H2,1-5H3,(H2,16,17,18);1H. The van der Waals surface area contributed by atoms with Crippen LogP contribution in [0.3, 0.4) is 0 Å². The zero-order valence-electron chi connectivity index (χ0n) is 13.4. The summed E-state index contributed by atoms with van der Waals surface area (Å²) in [6.45, 7) is 6.05. The van der Waals surface area contributed by atoms with E-state index >= 15 is 0 Å². The van der Waals surface area contributed by atoms with Crippen molar-refractivity contribution in [2.45, 2.75) is 30.5 Å². The first-order valence-electron chi connectivity index (χ1n) is 6.71. The van der Waals surface area contributed by atoms with Crippen molar-refractivity contribution in [2.24, 2.45) is 4.99 Å². The van der Waals surface area contributed by atoms with Crippen LogP contribution < -0.4 is 10.6 Å². The highest BCUT2D eigenvalue weighted by Crippen LogP contribution is 2.21. The van der Waals surface area contributed by atoms with Gasteiger partial charge in [-0.15, -0.1) is 35.7 Å². The number of nitrogens with zero attached hydrogens (tertiary/aromatic N) is 1. The number of rotatable bonds is 6. The number of nitrogens with one attached hydrogen (secondary N) is 2. The minimum absolute atomic E-state index is 0. The van der Waals surface area contributed by atoms with Crippen LogP contribution >= 0.6 is 47.5 Å². The van der Waals surface area contributed by atoms with Crippen LogP contribution in [0.2, 0.25) is 0 Å². The van der Waals surface area contributed by atoms with Crippen molar-refractivity contribution in [1.82, 2.24) is 10.6 Å². The van der Waals surface area contributed by atoms with E-state index in [0.717, 1.165) is 19.0 Å². The lowest BCUT2D eigenvalue weighted by atomic mass is 10.1. The van der Waals surface area contributed by atoms with Gasteiger partial charge < -0.3 is 10.6 Å². The van der Waals surface area contributed by atoms with Crippen LogP contribution in [0.1, 0.15) is 18.1 Å². The molecule has 0 heterocycles. The number of thioether (sulfide) groups is 2. The third kappa shape index (κ3) is 7.65. The van der Waals surface area contributed by atoms with Gasteiger partial charge >= 0.3 is 0 Å². The maximum absolute atomic E-state index is 4.26. The molecule has 21 heavy (non-hydrogen) atoms. The monoisotopic (exact) mass is 439 g/mol. The van der Waals surface area contributed by atoms with Gasteiger partial charge in [0.15, 0.2) is 5.96 Å². The molecule has 1 aromatic carbocycles. The van der Waals surface area contributed by atoms with E-state index in [4.69, 9.17) is 0 Å². The molecule has 1 rings (SSSR count). The summed E-state index contributed by atoms with van der Waals surface area (Å²) in [5.74, 6) is 0.860. The van der Waals surface area contributed by atoms with E-state index in [1.54, 1.807) is 11.8 Å². The minimum Gasteiger partial charge on any atom is -0.355 e. The van der Waals surface area contributed by atoms with Crippen molar-refractivity contribution >= 4 is 53.5 Å². The summed E-state index contributed by atoms with van der Waals surface area (Å²) in [6, 6.07) is 6.57. The molecule has 0 amide bonds. The summed E-state index contributed by atoms with van der Waals surface area (Å²) in [5, 5.41) is 7.30. The van der Waals surface area contributed by atoms with E-state index in [9.17, 15) is 0 Å². The molecule has 120 valence electrons. The molecule has 0 radical (unpaired) electrons. The van der Waals surface area contributed by atoms with Gasteiger partial charge in [0, 0.05) is 30.3 Å². The average Bonchev–Trinajstić information content (AvgIpc) is 2.47. The molecule has 2 N–H and O–H groups in total. The first-order chi connectivity index (χ1) is 9.60. The Morgan fingerprint density at radius 3 is 2.57 bits per heavy atom. The molecule has 3 nitrogen and oxygen atoms in total. The second-order valence-corrected chi connectivity index (χ2v) is 6.79. The highest BCUT2D eigenvalue weighted by atomic mass is 127. The summed E-state index contributed by atoms with van der Waals surface area (Å²) in [6.07, 6.45) is 4.24. The highest BCUT2D eigenvalue weighted by molar-refractivity contribution is 14.0. The molecule has 1 unspecified atom stereocenters. The highest BCUT2D eigenvalue weighted by Gasteiger charge is 2.05. The van der Waals surface area contributed by atoms with Gasteiger partial charge in [0.1, 0.15) is 0 Å². The van der Waals surface area contributed by atoms with Gasteiger partial charge in [-0.25, -0.2) is 0 Å². The van der Waals surface area contributed by atoms with Crippen molar-refractivity contribution in [3.8, 4) is 0 Å². The van der Waals surface area contributed by atoms with Gasteiger partial charge in [-0.3, -0.25) is 4.99 Å². The zero-order chi connectivity index (χ0) is 15.0. The van der Waals surface area contributed by atoms with Crippen molar-refractivity contribution in [2.75, 3.05) is 26.1 Å². The van der Waals surface area contributed by atoms with Crippen LogP contribution in [0.4, 0.5) is 0 Å². The SMILES string of the molecule is CN=C(NCc1ccc(C)cc1SC)NCC(C)SC.I. The molecule has 6 heteroatoms. The van der Waals surface area contributed by atoms with Crippen molar-refractivity contribution in [3.05, 3.63) is 29.3 Å². The molecule has 0 bridgehead atoms. The first kappa shape index (κ1) is 20.9. The first-order valence-corrected chi connectivity index (χ1v) is 9.22. The summed E-state index contributed by atoms with van der Waals surface area (Å²) >= 11 is 3.64. The molecule has 0 aliphatic rings. The fourth-order valence-electron chi connectivity index (χ4n) is 1.72. The third-order valence-electron chi connectivity index (χ3n) is 3.07. The fourth-order valence-corrected chi connectivity index (χ4v) is 2.68. The lowest BCUT2D eigenvalue weighted by molar-refractivity contribution is 0.785. The largest absolute Gasteiger partial charge is 0.355 e. The van der Waals surface area contributed by atoms with Gasteiger partial charge in [0.2, 0.25) is 0 Å². The fraction of sp³-hybridized carbons (Fsp3) is 0.533. The van der Waals surface area contributed by atoms with E-state index < -0.39 is 0 Å². The number of aryl methyl sites for hydroxylation is 1. The van der Waals surface area contributed by atoms with Gasteiger partial charge in [0.25, 0.3) is 0 Å². The molecule has 0 saturated heterocycles. The van der Waals surface area contributed by atoms with Gasteiger partial charge in [-0.05, 0) is 36.6 Å². The quantitative estimate of drug-likeness (QED) is 0.306. The van der Waals surface area contributed by atoms with Crippen LogP contribution in [-0.2, 0) is 6.54 Å². The lowest BCUT2D eigenvalue weighted by Gasteiger charge is -2.16. The summed E-state index contributed by atoms with van der Waals surface area (Å²) in [4.78, 5) is 5.59. The number of aliphatic imine (C=N–C) groups is 1. The Kier molecular flexibility index (Phi) is 11.4. The molecule has 0 spiro atoms. The Morgan fingerprint density at radius 1 is 1.29 bits per heavy atom. The van der Waals surface area contributed by atoms with Gasteiger partial charge in [0.05, 0.1) is 0 Å². The van der Waals surface area contributed by atoms with Crippen molar-refractivity contribution in [3.63, 3.8) is 0 Å². The van der Waals surface area contributed by atoms with Crippen LogP contribution in [0.15, 0.2) is 28.1 Å². The van der Waals surface area contributed by atoms with E-state index in [1.165, 1.54) is 16.0 Å². The number of hydrogen-bond donors (Lipinski definition) is 2. The number of hydrogen-bond acceptors (Lipinski definition) is 3.